The van der Waals surface area contributed by atoms with E-state index in [-0.39, 0.29) is 0 Å². The van der Waals surface area contributed by atoms with Crippen LogP contribution in [0.25, 0.3) is 11.1 Å². The minimum absolute atomic E-state index is 0.469. The maximum atomic E-state index is 11.3. The molecule has 0 saturated carbocycles. The first-order valence-electron chi connectivity index (χ1n) is 5.62. The topological polar surface area (TPSA) is 95.7 Å². The van der Waals surface area contributed by atoms with Crippen LogP contribution in [-0.2, 0) is 4.79 Å². The van der Waals surface area contributed by atoms with Crippen molar-refractivity contribution < 1.29 is 14.4 Å². The number of carbonyl (C=O) groups excluding carboxylic acids is 3. The van der Waals surface area contributed by atoms with Gasteiger partial charge < -0.3 is 11.1 Å². The molecule has 3 aliphatic rings. The van der Waals surface area contributed by atoms with Crippen LogP contribution >= 0.6 is 0 Å². The number of fused-ring (bicyclic) bond motifs is 1. The zero-order chi connectivity index (χ0) is 14.2. The van der Waals surface area contributed by atoms with Crippen LogP contribution in [0.4, 0.5) is 9.59 Å². The average Bonchev–Trinajstić information content (AvgIpc) is 2.52. The van der Waals surface area contributed by atoms with E-state index in [1.54, 1.807) is 0 Å². The zero-order valence-electron chi connectivity index (χ0n) is 10.6. The lowest BCUT2D eigenvalue weighted by molar-refractivity contribution is -0.127. The molecule has 0 radical (unpaired) electrons. The third kappa shape index (κ3) is 2.22. The molecular weight excluding hydrogens is 248 g/mol. The van der Waals surface area contributed by atoms with Crippen LogP contribution in [0, 0.1) is 0 Å². The number of nitrogens with one attached hydrogen (secondary N) is 1. The van der Waals surface area contributed by atoms with Crippen LogP contribution in [0.2, 0.25) is 0 Å². The Balaban J connectivity index is 0.000000180. The van der Waals surface area contributed by atoms with Crippen molar-refractivity contribution in [1.29, 1.82) is 0 Å². The molecule has 1 aliphatic heterocycles. The van der Waals surface area contributed by atoms with Gasteiger partial charge in [0.05, 0.1) is 0 Å². The van der Waals surface area contributed by atoms with Crippen LogP contribution in [0.3, 0.4) is 0 Å². The van der Waals surface area contributed by atoms with E-state index in [2.05, 4.69) is 29.6 Å². The minimum Gasteiger partial charge on any atom is -0.352 e. The monoisotopic (exact) mass is 262 g/mol. The van der Waals surface area contributed by atoms with Crippen molar-refractivity contribution >= 4 is 18.0 Å². The highest BCUT2D eigenvalue weighted by Crippen LogP contribution is 2.29. The molecule has 0 aromatic heterocycles. The Bertz CT molecular complexity index is 519. The summed E-state index contributed by atoms with van der Waals surface area (Å²) in [7, 11) is 2.74. The van der Waals surface area contributed by atoms with Crippen LogP contribution in [0.5, 0.6) is 0 Å². The molecule has 0 aromatic carbocycles. The Kier molecular flexibility index (Phi) is 3.12. The normalized spacial score (nSPS) is 18.9. The van der Waals surface area contributed by atoms with Crippen molar-refractivity contribution in [3.8, 4) is 11.1 Å². The molecule has 3 N–H and O–H groups in total. The molecule has 19 heavy (non-hydrogen) atoms. The van der Waals surface area contributed by atoms with E-state index in [9.17, 15) is 14.4 Å². The summed E-state index contributed by atoms with van der Waals surface area (Å²) in [4.78, 5) is 34.9. The average molecular weight is 262 g/mol. The van der Waals surface area contributed by atoms with Crippen molar-refractivity contribution in [2.45, 2.75) is 6.17 Å². The number of nitrogens with zero attached hydrogens (tertiary/aromatic N) is 2. The lowest BCUT2D eigenvalue weighted by atomic mass is 9.95. The fourth-order valence-corrected chi connectivity index (χ4v) is 1.75. The summed E-state index contributed by atoms with van der Waals surface area (Å²) < 4.78 is 0. The second-order valence-electron chi connectivity index (χ2n) is 4.28. The third-order valence-electron chi connectivity index (χ3n) is 3.04. The van der Waals surface area contributed by atoms with E-state index in [0.717, 1.165) is 9.80 Å². The van der Waals surface area contributed by atoms with E-state index >= 15 is 0 Å². The summed E-state index contributed by atoms with van der Waals surface area (Å²) in [6, 6.07) is 7.17. The molecular formula is C12H14N4O3. The lowest BCUT2D eigenvalue weighted by Gasteiger charge is -2.15. The molecule has 0 bridgehead atoms. The quantitative estimate of drug-likeness (QED) is 0.717. The fourth-order valence-electron chi connectivity index (χ4n) is 1.75. The molecule has 0 spiro atoms. The van der Waals surface area contributed by atoms with E-state index in [4.69, 9.17) is 5.73 Å². The number of imide groups is 1. The fraction of sp³-hybridized carbons (Fsp3) is 0.250. The number of urea groups is 2. The number of nitrogens with two attached hydrogens (primary N) is 1. The summed E-state index contributed by atoms with van der Waals surface area (Å²) >= 11 is 0. The van der Waals surface area contributed by atoms with Gasteiger partial charge in [-0.2, -0.15) is 0 Å². The van der Waals surface area contributed by atoms with Gasteiger partial charge in [-0.1, -0.05) is 24.3 Å². The summed E-state index contributed by atoms with van der Waals surface area (Å²) in [6.07, 6.45) is -0.977. The van der Waals surface area contributed by atoms with Crippen molar-refractivity contribution in [3.05, 3.63) is 24.3 Å². The Labute approximate surface area is 110 Å². The minimum atomic E-state index is -0.977. The van der Waals surface area contributed by atoms with Crippen LogP contribution < -0.4 is 11.1 Å². The second-order valence-corrected chi connectivity index (χ2v) is 4.28. The van der Waals surface area contributed by atoms with E-state index in [1.165, 1.54) is 25.2 Å². The second kappa shape index (κ2) is 4.60. The van der Waals surface area contributed by atoms with Gasteiger partial charge in [-0.15, -0.1) is 0 Å². The summed E-state index contributed by atoms with van der Waals surface area (Å²) in [5.41, 5.74) is 7.68. The van der Waals surface area contributed by atoms with Crippen molar-refractivity contribution in [2.75, 3.05) is 14.1 Å². The maximum Gasteiger partial charge on any atom is 0.328 e. The van der Waals surface area contributed by atoms with Gasteiger partial charge >= 0.3 is 12.1 Å². The van der Waals surface area contributed by atoms with Crippen LogP contribution in [0.1, 0.15) is 0 Å². The van der Waals surface area contributed by atoms with Gasteiger partial charge in [-0.25, -0.2) is 9.59 Å². The van der Waals surface area contributed by atoms with E-state index in [0.29, 0.717) is 0 Å². The van der Waals surface area contributed by atoms with E-state index in [1.807, 2.05) is 0 Å². The molecule has 1 saturated heterocycles. The highest BCUT2D eigenvalue weighted by molar-refractivity contribution is 6.04. The maximum absolute atomic E-state index is 11.3. The Hall–Kier alpha value is -2.57. The Morgan fingerprint density at radius 1 is 1.16 bits per heavy atom. The SMILES string of the molecule is CN1C(=O)C(NC(N)=O)N(C)C1=O.c1cc2ccc1-2. The van der Waals surface area contributed by atoms with Crippen molar-refractivity contribution in [2.24, 2.45) is 5.73 Å². The third-order valence-corrected chi connectivity index (χ3v) is 3.04. The lowest BCUT2D eigenvalue weighted by Crippen LogP contribution is -2.49. The predicted molar refractivity (Wildman–Crippen MR) is 67.9 cm³/mol. The number of rotatable bonds is 1. The molecule has 2 aliphatic carbocycles. The summed E-state index contributed by atoms with van der Waals surface area (Å²) in [5, 5.41) is 2.15. The Morgan fingerprint density at radius 2 is 1.63 bits per heavy atom. The number of benzene rings is 1. The largest absolute Gasteiger partial charge is 0.352 e. The highest BCUT2D eigenvalue weighted by Gasteiger charge is 2.41. The summed E-state index contributed by atoms with van der Waals surface area (Å²) in [5.74, 6) is -0.494. The molecule has 3 rings (SSSR count). The van der Waals surface area contributed by atoms with Crippen LogP contribution in [-0.4, -0.2) is 48.0 Å². The highest BCUT2D eigenvalue weighted by atomic mass is 16.2. The van der Waals surface area contributed by atoms with Gasteiger partial charge in [0, 0.05) is 14.1 Å². The zero-order valence-corrected chi connectivity index (χ0v) is 10.6. The Morgan fingerprint density at radius 3 is 1.84 bits per heavy atom. The first-order chi connectivity index (χ1) is 8.91. The standard InChI is InChI=1S/C6H10N4O3.C6H4/c1-9-3(8-5(7)12)4(11)10(2)6(9)13;1-2-6-4-3-5(1)6/h3H,1-2H3,(H3,7,8,12);1-4H. The van der Waals surface area contributed by atoms with E-state index < -0.39 is 24.1 Å². The van der Waals surface area contributed by atoms with Crippen molar-refractivity contribution in [3.63, 3.8) is 0 Å². The number of hydrogen-bond acceptors (Lipinski definition) is 3. The number of hydrogen-bond donors (Lipinski definition) is 2. The molecule has 1 heterocycles. The first kappa shape index (κ1) is 12.9. The molecule has 1 unspecified atom stereocenters. The first-order valence-corrected chi connectivity index (χ1v) is 5.62. The molecule has 7 heteroatoms. The molecule has 7 nitrogen and oxygen atoms in total. The van der Waals surface area contributed by atoms with Gasteiger partial charge in [-0.3, -0.25) is 14.6 Å². The number of likely N-dealkylation sites (N-methyl/N-ethyl adjacent to an activating group) is 2. The predicted octanol–water partition coefficient (Wildman–Crippen LogP) is 0.172. The van der Waals surface area contributed by atoms with Crippen LogP contribution in [0.15, 0.2) is 24.3 Å². The molecule has 0 aromatic rings. The van der Waals surface area contributed by atoms with Gasteiger partial charge in [0.1, 0.15) is 0 Å². The molecule has 5 amide bonds. The van der Waals surface area contributed by atoms with Gasteiger partial charge in [0.15, 0.2) is 6.17 Å². The van der Waals surface area contributed by atoms with Crippen molar-refractivity contribution in [1.82, 2.24) is 15.1 Å². The number of amides is 5. The number of carbonyl (C=O) groups is 3. The van der Waals surface area contributed by atoms with Gasteiger partial charge in [0.25, 0.3) is 5.91 Å². The number of primary amides is 1. The van der Waals surface area contributed by atoms with Gasteiger partial charge in [0.2, 0.25) is 0 Å². The molecule has 1 fully saturated rings. The smallest absolute Gasteiger partial charge is 0.328 e. The van der Waals surface area contributed by atoms with Gasteiger partial charge in [-0.05, 0) is 11.1 Å². The molecule has 100 valence electrons. The molecule has 1 atom stereocenters. The summed E-state index contributed by atoms with van der Waals surface area (Å²) in [6.45, 7) is 0.